The molecule has 0 fully saturated rings. The Morgan fingerprint density at radius 3 is 3.19 bits per heavy atom. The van der Waals surface area contributed by atoms with Crippen LogP contribution in [0.2, 0.25) is 0 Å². The monoisotopic (exact) mass is 239 g/mol. The molecule has 16 heavy (non-hydrogen) atoms. The summed E-state index contributed by atoms with van der Waals surface area (Å²) < 4.78 is 0. The third-order valence-electron chi connectivity index (χ3n) is 3.10. The first-order chi connectivity index (χ1) is 7.74. The van der Waals surface area contributed by atoms with Crippen molar-refractivity contribution in [1.82, 2.24) is 4.90 Å². The van der Waals surface area contributed by atoms with Gasteiger partial charge in [0.2, 0.25) is 0 Å². The largest absolute Gasteiger partial charge is 0.480 e. The Hall–Kier alpha value is -0.870. The minimum Gasteiger partial charge on any atom is -0.480 e. The van der Waals surface area contributed by atoms with Gasteiger partial charge in [-0.05, 0) is 36.4 Å². The summed E-state index contributed by atoms with van der Waals surface area (Å²) >= 11 is 1.68. The summed E-state index contributed by atoms with van der Waals surface area (Å²) in [4.78, 5) is 14.7. The first kappa shape index (κ1) is 11.6. The smallest absolute Gasteiger partial charge is 0.325 e. The van der Waals surface area contributed by atoms with E-state index in [1.807, 2.05) is 11.4 Å². The number of carboxylic acid groups (broad SMARTS) is 1. The summed E-state index contributed by atoms with van der Waals surface area (Å²) in [5.41, 5.74) is 1.01. The number of hydrogen-bond donors (Lipinski definition) is 1. The molecule has 88 valence electrons. The minimum atomic E-state index is -0.713. The molecule has 0 spiro atoms. The molecular weight excluding hydrogens is 222 g/mol. The summed E-state index contributed by atoms with van der Waals surface area (Å²) in [6.45, 7) is 3.91. The van der Waals surface area contributed by atoms with Gasteiger partial charge in [-0.3, -0.25) is 9.69 Å². The third kappa shape index (κ3) is 2.13. The summed E-state index contributed by atoms with van der Waals surface area (Å²) in [7, 11) is 0. The van der Waals surface area contributed by atoms with E-state index < -0.39 is 12.0 Å². The molecule has 1 aliphatic rings. The summed E-state index contributed by atoms with van der Waals surface area (Å²) in [5, 5.41) is 11.3. The lowest BCUT2D eigenvalue weighted by Crippen LogP contribution is -2.39. The van der Waals surface area contributed by atoms with Gasteiger partial charge in [0.1, 0.15) is 6.04 Å². The van der Waals surface area contributed by atoms with Crippen molar-refractivity contribution >= 4 is 17.3 Å². The van der Waals surface area contributed by atoms with Gasteiger partial charge in [-0.15, -0.1) is 11.3 Å². The fourth-order valence-corrected chi connectivity index (χ4v) is 3.16. The van der Waals surface area contributed by atoms with Crippen molar-refractivity contribution in [2.75, 3.05) is 13.1 Å². The van der Waals surface area contributed by atoms with E-state index in [9.17, 15) is 9.90 Å². The highest BCUT2D eigenvalue weighted by Crippen LogP contribution is 2.33. The average molecular weight is 239 g/mol. The zero-order valence-electron chi connectivity index (χ0n) is 9.48. The second-order valence-corrected chi connectivity index (χ2v) is 5.18. The first-order valence-corrected chi connectivity index (χ1v) is 6.65. The number of unbranched alkanes of at least 4 members (excludes halogenated alkanes) is 1. The Labute approximate surface area is 99.7 Å². The van der Waals surface area contributed by atoms with Crippen LogP contribution >= 0.6 is 11.3 Å². The van der Waals surface area contributed by atoms with Gasteiger partial charge >= 0.3 is 5.97 Å². The van der Waals surface area contributed by atoms with Crippen molar-refractivity contribution in [1.29, 1.82) is 0 Å². The van der Waals surface area contributed by atoms with E-state index in [0.29, 0.717) is 0 Å². The van der Waals surface area contributed by atoms with Crippen LogP contribution < -0.4 is 0 Å². The van der Waals surface area contributed by atoms with Crippen LogP contribution in [0.5, 0.6) is 0 Å². The Morgan fingerprint density at radius 2 is 2.50 bits per heavy atom. The summed E-state index contributed by atoms with van der Waals surface area (Å²) in [5.74, 6) is -0.713. The number of hydrogen-bond acceptors (Lipinski definition) is 3. The van der Waals surface area contributed by atoms with E-state index in [1.165, 1.54) is 4.88 Å². The fraction of sp³-hybridized carbons (Fsp3) is 0.583. The normalized spacial score (nSPS) is 20.7. The van der Waals surface area contributed by atoms with Crippen LogP contribution in [-0.4, -0.2) is 29.1 Å². The molecule has 0 bridgehead atoms. The second-order valence-electron chi connectivity index (χ2n) is 4.18. The maximum atomic E-state index is 11.4. The van der Waals surface area contributed by atoms with Crippen LogP contribution in [0.4, 0.5) is 0 Å². The quantitative estimate of drug-likeness (QED) is 0.877. The molecule has 1 N–H and O–H groups in total. The maximum Gasteiger partial charge on any atom is 0.325 e. The van der Waals surface area contributed by atoms with E-state index in [2.05, 4.69) is 11.8 Å². The van der Waals surface area contributed by atoms with Gasteiger partial charge in [0.25, 0.3) is 0 Å². The number of carbonyl (C=O) groups is 1. The van der Waals surface area contributed by atoms with Crippen LogP contribution in [-0.2, 0) is 11.2 Å². The standard InChI is InChI=1S/C12H17NO2S/c1-2-3-6-13-7-4-10-9(5-8-16-10)11(13)12(14)15/h5,8,11H,2-4,6-7H2,1H3,(H,14,15). The molecule has 0 saturated carbocycles. The molecule has 0 radical (unpaired) electrons. The maximum absolute atomic E-state index is 11.4. The van der Waals surface area contributed by atoms with Gasteiger partial charge in [0.05, 0.1) is 0 Å². The van der Waals surface area contributed by atoms with Gasteiger partial charge in [-0.25, -0.2) is 0 Å². The van der Waals surface area contributed by atoms with Crippen molar-refractivity contribution in [2.24, 2.45) is 0 Å². The molecule has 1 aromatic rings. The Kier molecular flexibility index (Phi) is 3.61. The lowest BCUT2D eigenvalue weighted by atomic mass is 10.00. The van der Waals surface area contributed by atoms with Gasteiger partial charge in [0, 0.05) is 11.4 Å². The van der Waals surface area contributed by atoms with E-state index in [1.54, 1.807) is 11.3 Å². The average Bonchev–Trinajstić information content (AvgIpc) is 2.72. The topological polar surface area (TPSA) is 40.5 Å². The second kappa shape index (κ2) is 4.97. The Bertz CT molecular complexity index is 375. The molecule has 1 unspecified atom stereocenters. The van der Waals surface area contributed by atoms with E-state index in [0.717, 1.165) is 37.9 Å². The highest BCUT2D eigenvalue weighted by molar-refractivity contribution is 7.10. The van der Waals surface area contributed by atoms with Gasteiger partial charge < -0.3 is 5.11 Å². The minimum absolute atomic E-state index is 0.415. The highest BCUT2D eigenvalue weighted by atomic mass is 32.1. The predicted octanol–water partition coefficient (Wildman–Crippen LogP) is 2.53. The number of nitrogens with zero attached hydrogens (tertiary/aromatic N) is 1. The molecule has 0 aliphatic carbocycles. The molecule has 3 nitrogen and oxygen atoms in total. The third-order valence-corrected chi connectivity index (χ3v) is 4.09. The van der Waals surface area contributed by atoms with E-state index in [4.69, 9.17) is 0 Å². The molecule has 2 rings (SSSR count). The highest BCUT2D eigenvalue weighted by Gasteiger charge is 2.32. The lowest BCUT2D eigenvalue weighted by Gasteiger charge is -2.32. The van der Waals surface area contributed by atoms with Gasteiger partial charge in [-0.1, -0.05) is 13.3 Å². The molecule has 2 heterocycles. The number of aliphatic carboxylic acids is 1. The SMILES string of the molecule is CCCCN1CCc2sccc2C1C(=O)O. The van der Waals surface area contributed by atoms with Crippen molar-refractivity contribution in [3.63, 3.8) is 0 Å². The Morgan fingerprint density at radius 1 is 1.69 bits per heavy atom. The molecule has 0 aromatic carbocycles. The Balaban J connectivity index is 2.20. The zero-order chi connectivity index (χ0) is 11.5. The number of thiophene rings is 1. The molecule has 1 atom stereocenters. The van der Waals surface area contributed by atoms with Crippen LogP contribution in [0.1, 0.15) is 36.2 Å². The van der Waals surface area contributed by atoms with Crippen LogP contribution in [0.3, 0.4) is 0 Å². The first-order valence-electron chi connectivity index (χ1n) is 5.77. The van der Waals surface area contributed by atoms with Crippen LogP contribution in [0.15, 0.2) is 11.4 Å². The van der Waals surface area contributed by atoms with Gasteiger partial charge in [0.15, 0.2) is 0 Å². The van der Waals surface area contributed by atoms with Crippen molar-refractivity contribution in [2.45, 2.75) is 32.2 Å². The summed E-state index contributed by atoms with van der Waals surface area (Å²) in [6.07, 6.45) is 3.18. The molecule has 4 heteroatoms. The molecule has 0 amide bonds. The number of fused-ring (bicyclic) bond motifs is 1. The lowest BCUT2D eigenvalue weighted by molar-refractivity contribution is -0.144. The molecule has 0 saturated heterocycles. The van der Waals surface area contributed by atoms with E-state index >= 15 is 0 Å². The fourth-order valence-electron chi connectivity index (χ4n) is 2.26. The van der Waals surface area contributed by atoms with Gasteiger partial charge in [-0.2, -0.15) is 0 Å². The molecule has 1 aromatic heterocycles. The molecule has 1 aliphatic heterocycles. The zero-order valence-corrected chi connectivity index (χ0v) is 10.3. The van der Waals surface area contributed by atoms with Crippen molar-refractivity contribution < 1.29 is 9.90 Å². The van der Waals surface area contributed by atoms with Crippen molar-refractivity contribution in [3.05, 3.63) is 21.9 Å². The van der Waals surface area contributed by atoms with Crippen LogP contribution in [0, 0.1) is 0 Å². The number of rotatable bonds is 4. The molecular formula is C12H17NO2S. The van der Waals surface area contributed by atoms with E-state index in [-0.39, 0.29) is 0 Å². The summed E-state index contributed by atoms with van der Waals surface area (Å²) in [6, 6.07) is 1.55. The van der Waals surface area contributed by atoms with Crippen LogP contribution in [0.25, 0.3) is 0 Å². The predicted molar refractivity (Wildman–Crippen MR) is 64.9 cm³/mol. The van der Waals surface area contributed by atoms with Crippen molar-refractivity contribution in [3.8, 4) is 0 Å². The number of carboxylic acids is 1.